The van der Waals surface area contributed by atoms with Crippen molar-refractivity contribution in [2.75, 3.05) is 26.4 Å². The summed E-state index contributed by atoms with van der Waals surface area (Å²) in [6.45, 7) is 5.86. The second-order valence-corrected chi connectivity index (χ2v) is 3.80. The molecule has 1 aromatic rings. The maximum Gasteiger partial charge on any atom is 0.269 e. The second-order valence-electron chi connectivity index (χ2n) is 3.80. The number of non-ortho nitro benzene ring substituents is 1. The minimum Gasteiger partial charge on any atom is -0.491 e. The van der Waals surface area contributed by atoms with Crippen molar-refractivity contribution in [2.24, 2.45) is 0 Å². The van der Waals surface area contributed by atoms with E-state index in [0.717, 1.165) is 0 Å². The number of nitro benzene ring substituents is 1. The Morgan fingerprint density at radius 1 is 1.16 bits per heavy atom. The molecule has 0 aliphatic rings. The highest BCUT2D eigenvalue weighted by Crippen LogP contribution is 2.17. The van der Waals surface area contributed by atoms with Crippen LogP contribution in [0, 0.1) is 10.1 Å². The van der Waals surface area contributed by atoms with Crippen molar-refractivity contribution in [3.05, 3.63) is 34.4 Å². The van der Waals surface area contributed by atoms with Crippen LogP contribution in [-0.2, 0) is 9.47 Å². The first kappa shape index (κ1) is 15.4. The van der Waals surface area contributed by atoms with Gasteiger partial charge in [-0.15, -0.1) is 0 Å². The van der Waals surface area contributed by atoms with Crippen molar-refractivity contribution in [3.8, 4) is 5.75 Å². The second kappa shape index (κ2) is 8.44. The van der Waals surface area contributed by atoms with Gasteiger partial charge in [0, 0.05) is 25.3 Å². The van der Waals surface area contributed by atoms with Crippen molar-refractivity contribution in [1.82, 2.24) is 0 Å². The predicted octanol–water partition coefficient (Wildman–Crippen LogP) is 2.42. The molecule has 0 bridgehead atoms. The van der Waals surface area contributed by atoms with E-state index in [9.17, 15) is 10.1 Å². The molecule has 0 aliphatic heterocycles. The van der Waals surface area contributed by atoms with E-state index in [1.807, 2.05) is 13.8 Å². The summed E-state index contributed by atoms with van der Waals surface area (Å²) in [4.78, 5) is 10.1. The van der Waals surface area contributed by atoms with Gasteiger partial charge in [0.25, 0.3) is 5.69 Å². The van der Waals surface area contributed by atoms with Crippen LogP contribution >= 0.6 is 0 Å². The molecule has 1 aromatic carbocycles. The van der Waals surface area contributed by atoms with Crippen LogP contribution in [0.25, 0.3) is 0 Å². The van der Waals surface area contributed by atoms with Crippen LogP contribution in [0.15, 0.2) is 24.3 Å². The number of hydrogen-bond acceptors (Lipinski definition) is 5. The lowest BCUT2D eigenvalue weighted by molar-refractivity contribution is -0.384. The number of ether oxygens (including phenoxy) is 3. The molecule has 0 amide bonds. The van der Waals surface area contributed by atoms with Crippen molar-refractivity contribution in [2.45, 2.75) is 20.0 Å². The number of hydrogen-bond donors (Lipinski definition) is 0. The third-order valence-electron chi connectivity index (χ3n) is 2.39. The molecular formula is C13H19NO5. The summed E-state index contributed by atoms with van der Waals surface area (Å²) in [6.07, 6.45) is -0.139. The minimum atomic E-state index is -0.443. The molecule has 106 valence electrons. The normalized spacial score (nSPS) is 12.1. The molecule has 0 saturated heterocycles. The third-order valence-corrected chi connectivity index (χ3v) is 2.39. The van der Waals surface area contributed by atoms with Gasteiger partial charge in [-0.1, -0.05) is 0 Å². The number of nitro groups is 1. The van der Waals surface area contributed by atoms with Crippen molar-refractivity contribution >= 4 is 5.69 Å². The van der Waals surface area contributed by atoms with Gasteiger partial charge in [-0.2, -0.15) is 0 Å². The lowest BCUT2D eigenvalue weighted by atomic mass is 10.3. The van der Waals surface area contributed by atoms with E-state index in [1.165, 1.54) is 12.1 Å². The van der Waals surface area contributed by atoms with Gasteiger partial charge >= 0.3 is 0 Å². The van der Waals surface area contributed by atoms with Crippen LogP contribution in [0.5, 0.6) is 5.75 Å². The zero-order valence-corrected chi connectivity index (χ0v) is 11.2. The Morgan fingerprint density at radius 3 is 2.37 bits per heavy atom. The lowest BCUT2D eigenvalue weighted by Gasteiger charge is -2.17. The van der Waals surface area contributed by atoms with E-state index < -0.39 is 4.92 Å². The summed E-state index contributed by atoms with van der Waals surface area (Å²) in [7, 11) is 0. The molecule has 0 saturated carbocycles. The van der Waals surface area contributed by atoms with Crippen LogP contribution in [0.2, 0.25) is 0 Å². The molecule has 0 N–H and O–H groups in total. The lowest BCUT2D eigenvalue weighted by Crippen LogP contribution is -2.27. The largest absolute Gasteiger partial charge is 0.491 e. The Hall–Kier alpha value is -1.66. The van der Waals surface area contributed by atoms with Crippen molar-refractivity contribution < 1.29 is 19.1 Å². The first-order valence-electron chi connectivity index (χ1n) is 6.24. The summed E-state index contributed by atoms with van der Waals surface area (Å²) < 4.78 is 16.3. The SMILES string of the molecule is CCOCC(COc1ccc([N+](=O)[O-])cc1)OCC. The van der Waals surface area contributed by atoms with Gasteiger partial charge in [-0.3, -0.25) is 10.1 Å². The predicted molar refractivity (Wildman–Crippen MR) is 70.5 cm³/mol. The minimum absolute atomic E-state index is 0.0445. The summed E-state index contributed by atoms with van der Waals surface area (Å²) in [5, 5.41) is 10.5. The molecule has 0 heterocycles. The first-order chi connectivity index (χ1) is 9.17. The third kappa shape index (κ3) is 5.67. The molecule has 0 aliphatic carbocycles. The van der Waals surface area contributed by atoms with Crippen molar-refractivity contribution in [3.63, 3.8) is 0 Å². The fraction of sp³-hybridized carbons (Fsp3) is 0.538. The smallest absolute Gasteiger partial charge is 0.269 e. The van der Waals surface area contributed by atoms with Gasteiger partial charge in [0.2, 0.25) is 0 Å². The molecule has 0 fully saturated rings. The van der Waals surface area contributed by atoms with Gasteiger partial charge in [0.1, 0.15) is 18.5 Å². The number of rotatable bonds is 9. The maximum atomic E-state index is 10.5. The monoisotopic (exact) mass is 269 g/mol. The van der Waals surface area contributed by atoms with E-state index in [2.05, 4.69) is 0 Å². The molecule has 1 atom stereocenters. The molecule has 0 aromatic heterocycles. The highest BCUT2D eigenvalue weighted by Gasteiger charge is 2.10. The van der Waals surface area contributed by atoms with E-state index in [1.54, 1.807) is 12.1 Å². The average Bonchev–Trinajstić information content (AvgIpc) is 2.42. The van der Waals surface area contributed by atoms with Crippen LogP contribution in [0.1, 0.15) is 13.8 Å². The van der Waals surface area contributed by atoms with Gasteiger partial charge in [-0.25, -0.2) is 0 Å². The molecule has 6 heteroatoms. The molecular weight excluding hydrogens is 250 g/mol. The Balaban J connectivity index is 2.46. The van der Waals surface area contributed by atoms with Gasteiger partial charge in [-0.05, 0) is 26.0 Å². The molecule has 1 unspecified atom stereocenters. The van der Waals surface area contributed by atoms with E-state index in [4.69, 9.17) is 14.2 Å². The zero-order valence-electron chi connectivity index (χ0n) is 11.2. The molecule has 19 heavy (non-hydrogen) atoms. The van der Waals surface area contributed by atoms with E-state index in [0.29, 0.717) is 32.2 Å². The Bertz CT molecular complexity index is 379. The molecule has 0 spiro atoms. The van der Waals surface area contributed by atoms with Gasteiger partial charge in [0.15, 0.2) is 0 Å². The van der Waals surface area contributed by atoms with Crippen molar-refractivity contribution in [1.29, 1.82) is 0 Å². The van der Waals surface area contributed by atoms with E-state index in [-0.39, 0.29) is 11.8 Å². The fourth-order valence-corrected chi connectivity index (χ4v) is 1.48. The number of nitrogens with zero attached hydrogens (tertiary/aromatic N) is 1. The summed E-state index contributed by atoms with van der Waals surface area (Å²) in [5.74, 6) is 0.576. The van der Waals surface area contributed by atoms with Crippen LogP contribution in [0.4, 0.5) is 5.69 Å². The van der Waals surface area contributed by atoms with Gasteiger partial charge < -0.3 is 14.2 Å². The quantitative estimate of drug-likeness (QED) is 0.508. The fourth-order valence-electron chi connectivity index (χ4n) is 1.48. The maximum absolute atomic E-state index is 10.5. The summed E-state index contributed by atoms with van der Waals surface area (Å²) >= 11 is 0. The Labute approximate surface area is 112 Å². The summed E-state index contributed by atoms with van der Waals surface area (Å²) in [5.41, 5.74) is 0.0445. The molecule has 0 radical (unpaired) electrons. The standard InChI is InChI=1S/C13H19NO5/c1-3-17-9-13(18-4-2)10-19-12-7-5-11(6-8-12)14(15)16/h5-8,13H,3-4,9-10H2,1-2H3. The summed E-state index contributed by atoms with van der Waals surface area (Å²) in [6, 6.07) is 5.96. The van der Waals surface area contributed by atoms with Gasteiger partial charge in [0.05, 0.1) is 11.5 Å². The highest BCUT2D eigenvalue weighted by molar-refractivity contribution is 5.35. The highest BCUT2D eigenvalue weighted by atomic mass is 16.6. The van der Waals surface area contributed by atoms with Crippen LogP contribution in [-0.4, -0.2) is 37.5 Å². The number of benzene rings is 1. The molecule has 1 rings (SSSR count). The van der Waals surface area contributed by atoms with Crippen LogP contribution in [0.3, 0.4) is 0 Å². The topological polar surface area (TPSA) is 70.8 Å². The zero-order chi connectivity index (χ0) is 14.1. The average molecular weight is 269 g/mol. The Morgan fingerprint density at radius 2 is 1.84 bits per heavy atom. The van der Waals surface area contributed by atoms with Crippen LogP contribution < -0.4 is 4.74 Å². The Kier molecular flexibility index (Phi) is 6.84. The first-order valence-corrected chi connectivity index (χ1v) is 6.24. The van der Waals surface area contributed by atoms with E-state index >= 15 is 0 Å². The molecule has 6 nitrogen and oxygen atoms in total.